The van der Waals surface area contributed by atoms with Gasteiger partial charge in [0.15, 0.2) is 0 Å². The number of hydrogen-bond acceptors (Lipinski definition) is 5. The second kappa shape index (κ2) is 6.91. The minimum atomic E-state index is 0.0298. The Morgan fingerprint density at radius 3 is 2.95 bits per heavy atom. The monoisotopic (exact) mass is 334 g/mol. The van der Waals surface area contributed by atoms with Gasteiger partial charge in [0.25, 0.3) is 0 Å². The normalized spacial score (nSPS) is 10.8. The lowest BCUT2D eigenvalue weighted by Crippen LogP contribution is -2.10. The molecule has 7 heteroatoms. The quantitative estimate of drug-likeness (QED) is 0.726. The first-order valence-electron chi connectivity index (χ1n) is 6.82. The molecule has 3 aromatic rings. The number of aromatic nitrogens is 3. The van der Waals surface area contributed by atoms with Crippen LogP contribution in [0.25, 0.3) is 11.3 Å². The molecule has 114 valence electrons. The lowest BCUT2D eigenvalue weighted by Gasteiger charge is -2.06. The molecule has 0 amide bonds. The first-order valence-corrected chi connectivity index (χ1v) is 8.14. The number of nitrogens with one attached hydrogen (secondary N) is 1. The molecular formula is C15H15ClN4OS. The average Bonchev–Trinajstić information content (AvgIpc) is 3.15. The van der Waals surface area contributed by atoms with E-state index in [4.69, 9.17) is 11.6 Å². The number of nitrogens with zero attached hydrogens (tertiary/aromatic N) is 3. The molecule has 0 unspecified atom stereocenters. The van der Waals surface area contributed by atoms with Crippen molar-refractivity contribution in [2.24, 2.45) is 0 Å². The molecule has 0 saturated heterocycles. The maximum absolute atomic E-state index is 9.20. The fraction of sp³-hybridized carbons (Fsp3) is 0.200. The van der Waals surface area contributed by atoms with Gasteiger partial charge in [-0.25, -0.2) is 9.67 Å². The van der Waals surface area contributed by atoms with Crippen molar-refractivity contribution in [3.63, 3.8) is 0 Å². The summed E-state index contributed by atoms with van der Waals surface area (Å²) >= 11 is 7.60. The summed E-state index contributed by atoms with van der Waals surface area (Å²) < 4.78 is 1.75. The van der Waals surface area contributed by atoms with Crippen LogP contribution in [0.15, 0.2) is 41.2 Å². The fourth-order valence-corrected chi connectivity index (χ4v) is 2.87. The zero-order valence-corrected chi connectivity index (χ0v) is 13.3. The molecule has 0 aliphatic heterocycles. The van der Waals surface area contributed by atoms with Gasteiger partial charge in [0.2, 0.25) is 0 Å². The van der Waals surface area contributed by atoms with Gasteiger partial charge in [0.05, 0.1) is 36.6 Å². The summed E-state index contributed by atoms with van der Waals surface area (Å²) in [6.45, 7) is 1.08. The summed E-state index contributed by atoms with van der Waals surface area (Å²) in [6, 6.07) is 9.51. The molecule has 1 aromatic carbocycles. The molecule has 5 nitrogen and oxygen atoms in total. The van der Waals surface area contributed by atoms with Gasteiger partial charge in [0.1, 0.15) is 5.82 Å². The SMILES string of the molecule is OCCn1nc(-c2cccc(Cl)c2)cc1NCc1cscn1. The molecule has 2 aromatic heterocycles. The van der Waals surface area contributed by atoms with Crippen LogP contribution in [0, 0.1) is 0 Å². The smallest absolute Gasteiger partial charge is 0.125 e. The van der Waals surface area contributed by atoms with Crippen molar-refractivity contribution in [3.8, 4) is 11.3 Å². The highest BCUT2D eigenvalue weighted by Gasteiger charge is 2.10. The zero-order valence-electron chi connectivity index (χ0n) is 11.7. The van der Waals surface area contributed by atoms with Crippen molar-refractivity contribution in [3.05, 3.63) is 51.9 Å². The summed E-state index contributed by atoms with van der Waals surface area (Å²) in [5.74, 6) is 0.844. The molecule has 0 bridgehead atoms. The summed E-state index contributed by atoms with van der Waals surface area (Å²) in [5.41, 5.74) is 4.54. The number of hydrogen-bond donors (Lipinski definition) is 2. The van der Waals surface area contributed by atoms with Gasteiger partial charge in [-0.05, 0) is 12.1 Å². The number of aliphatic hydroxyl groups excluding tert-OH is 1. The second-order valence-corrected chi connectivity index (χ2v) is 5.86. The fourth-order valence-electron chi connectivity index (χ4n) is 2.12. The Morgan fingerprint density at radius 2 is 2.23 bits per heavy atom. The molecule has 0 saturated carbocycles. The molecule has 22 heavy (non-hydrogen) atoms. The number of halogens is 1. The van der Waals surface area contributed by atoms with E-state index >= 15 is 0 Å². The Bertz CT molecular complexity index is 742. The van der Waals surface area contributed by atoms with E-state index in [1.165, 1.54) is 0 Å². The second-order valence-electron chi connectivity index (χ2n) is 4.71. The Balaban J connectivity index is 1.85. The van der Waals surface area contributed by atoms with Gasteiger partial charge >= 0.3 is 0 Å². The van der Waals surface area contributed by atoms with Crippen LogP contribution in [0.2, 0.25) is 5.02 Å². The Morgan fingerprint density at radius 1 is 1.32 bits per heavy atom. The molecular weight excluding hydrogens is 320 g/mol. The largest absolute Gasteiger partial charge is 0.394 e. The summed E-state index contributed by atoms with van der Waals surface area (Å²) in [7, 11) is 0. The molecule has 0 aliphatic carbocycles. The van der Waals surface area contributed by atoms with Crippen molar-refractivity contribution in [1.29, 1.82) is 0 Å². The van der Waals surface area contributed by atoms with E-state index in [1.807, 2.05) is 35.7 Å². The third kappa shape index (κ3) is 3.47. The summed E-state index contributed by atoms with van der Waals surface area (Å²) in [4.78, 5) is 4.24. The highest BCUT2D eigenvalue weighted by atomic mass is 35.5. The lowest BCUT2D eigenvalue weighted by molar-refractivity contribution is 0.270. The lowest BCUT2D eigenvalue weighted by atomic mass is 10.1. The average molecular weight is 335 g/mol. The molecule has 2 heterocycles. The first kappa shape index (κ1) is 15.0. The molecule has 3 rings (SSSR count). The number of benzene rings is 1. The van der Waals surface area contributed by atoms with E-state index in [-0.39, 0.29) is 6.61 Å². The van der Waals surface area contributed by atoms with E-state index in [0.717, 1.165) is 22.8 Å². The van der Waals surface area contributed by atoms with Crippen LogP contribution in [0.5, 0.6) is 0 Å². The predicted octanol–water partition coefficient (Wildman–Crippen LogP) is 3.26. The third-order valence-corrected chi connectivity index (χ3v) is 4.02. The van der Waals surface area contributed by atoms with Crippen LogP contribution in [0.3, 0.4) is 0 Å². The Labute approximate surface area is 137 Å². The van der Waals surface area contributed by atoms with Crippen LogP contribution in [0.4, 0.5) is 5.82 Å². The number of anilines is 1. The van der Waals surface area contributed by atoms with Gasteiger partial charge in [-0.1, -0.05) is 23.7 Å². The molecule has 0 radical (unpaired) electrons. The van der Waals surface area contributed by atoms with Crippen molar-refractivity contribution < 1.29 is 5.11 Å². The standard InChI is InChI=1S/C15H15ClN4OS/c16-12-3-1-2-11(6-12)14-7-15(20(19-14)4-5-21)17-8-13-9-22-10-18-13/h1-3,6-7,9-10,17,21H,4-5,8H2. The van der Waals surface area contributed by atoms with E-state index in [0.29, 0.717) is 18.1 Å². The Hall–Kier alpha value is -1.89. The van der Waals surface area contributed by atoms with Gasteiger partial charge in [0, 0.05) is 22.0 Å². The van der Waals surface area contributed by atoms with E-state index in [9.17, 15) is 5.11 Å². The molecule has 0 fully saturated rings. The van der Waals surface area contributed by atoms with Gasteiger partial charge in [-0.15, -0.1) is 11.3 Å². The number of rotatable bonds is 6. The number of aliphatic hydroxyl groups is 1. The zero-order chi connectivity index (χ0) is 15.4. The predicted molar refractivity (Wildman–Crippen MR) is 89.2 cm³/mol. The van der Waals surface area contributed by atoms with Crippen LogP contribution in [-0.4, -0.2) is 26.5 Å². The van der Waals surface area contributed by atoms with Gasteiger partial charge in [-0.3, -0.25) is 0 Å². The summed E-state index contributed by atoms with van der Waals surface area (Å²) in [5, 5.41) is 19.7. The minimum Gasteiger partial charge on any atom is -0.394 e. The first-order chi connectivity index (χ1) is 10.8. The van der Waals surface area contributed by atoms with Crippen LogP contribution >= 0.6 is 22.9 Å². The highest BCUT2D eigenvalue weighted by Crippen LogP contribution is 2.24. The summed E-state index contributed by atoms with van der Waals surface area (Å²) in [6.07, 6.45) is 0. The van der Waals surface area contributed by atoms with Crippen LogP contribution in [0.1, 0.15) is 5.69 Å². The maximum atomic E-state index is 9.20. The number of thiazole rings is 1. The van der Waals surface area contributed by atoms with Gasteiger partial charge < -0.3 is 10.4 Å². The Kier molecular flexibility index (Phi) is 4.72. The van der Waals surface area contributed by atoms with Crippen molar-refractivity contribution in [2.45, 2.75) is 13.1 Å². The molecule has 0 atom stereocenters. The van der Waals surface area contributed by atoms with Gasteiger partial charge in [-0.2, -0.15) is 5.10 Å². The van der Waals surface area contributed by atoms with E-state index in [2.05, 4.69) is 15.4 Å². The van der Waals surface area contributed by atoms with Crippen LogP contribution < -0.4 is 5.32 Å². The molecule has 2 N–H and O–H groups in total. The van der Waals surface area contributed by atoms with E-state index < -0.39 is 0 Å². The van der Waals surface area contributed by atoms with Crippen molar-refractivity contribution in [2.75, 3.05) is 11.9 Å². The van der Waals surface area contributed by atoms with Crippen molar-refractivity contribution >= 4 is 28.8 Å². The van der Waals surface area contributed by atoms with Crippen LogP contribution in [-0.2, 0) is 13.1 Å². The highest BCUT2D eigenvalue weighted by molar-refractivity contribution is 7.07. The molecule has 0 spiro atoms. The third-order valence-electron chi connectivity index (χ3n) is 3.15. The van der Waals surface area contributed by atoms with Crippen molar-refractivity contribution in [1.82, 2.24) is 14.8 Å². The minimum absolute atomic E-state index is 0.0298. The maximum Gasteiger partial charge on any atom is 0.125 e. The van der Waals surface area contributed by atoms with E-state index in [1.54, 1.807) is 21.5 Å². The molecule has 0 aliphatic rings. The topological polar surface area (TPSA) is 63.0 Å².